The number of nitrogens with one attached hydrogen (secondary N) is 1. The van der Waals surface area contributed by atoms with E-state index >= 15 is 0 Å². The highest BCUT2D eigenvalue weighted by molar-refractivity contribution is 6.32. The Balaban J connectivity index is 1.72. The summed E-state index contributed by atoms with van der Waals surface area (Å²) >= 11 is 5.97. The fourth-order valence-electron chi connectivity index (χ4n) is 1.92. The van der Waals surface area contributed by atoms with Gasteiger partial charge in [0.15, 0.2) is 6.61 Å². The summed E-state index contributed by atoms with van der Waals surface area (Å²) in [7, 11) is 0. The van der Waals surface area contributed by atoms with Gasteiger partial charge in [0.1, 0.15) is 18.1 Å². The Morgan fingerprint density at radius 2 is 1.83 bits per heavy atom. The van der Waals surface area contributed by atoms with Gasteiger partial charge in [-0.05, 0) is 38.1 Å². The topological polar surface area (TPSA) is 47.6 Å². The molecule has 2 rings (SSSR count). The molecule has 0 saturated carbocycles. The average molecular weight is 334 g/mol. The minimum absolute atomic E-state index is 0.0847. The van der Waals surface area contributed by atoms with Crippen molar-refractivity contribution in [2.24, 2.45) is 0 Å². The molecule has 1 amide bonds. The van der Waals surface area contributed by atoms with Gasteiger partial charge in [-0.25, -0.2) is 0 Å². The Morgan fingerprint density at radius 3 is 2.52 bits per heavy atom. The SMILES string of the molecule is Cc1ccc(OC[C@@H](C)NC(=O)COc2ccccc2Cl)cc1. The van der Waals surface area contributed by atoms with Gasteiger partial charge in [-0.1, -0.05) is 41.4 Å². The second-order valence-electron chi connectivity index (χ2n) is 5.31. The second-order valence-corrected chi connectivity index (χ2v) is 5.72. The highest BCUT2D eigenvalue weighted by atomic mass is 35.5. The summed E-state index contributed by atoms with van der Waals surface area (Å²) in [5.74, 6) is 1.06. The van der Waals surface area contributed by atoms with Gasteiger partial charge in [0, 0.05) is 0 Å². The van der Waals surface area contributed by atoms with Gasteiger partial charge in [-0.3, -0.25) is 4.79 Å². The maximum atomic E-state index is 11.9. The van der Waals surface area contributed by atoms with E-state index in [2.05, 4.69) is 5.32 Å². The molecule has 1 atom stereocenters. The molecule has 0 heterocycles. The zero-order chi connectivity index (χ0) is 16.7. The van der Waals surface area contributed by atoms with E-state index in [9.17, 15) is 4.79 Å². The van der Waals surface area contributed by atoms with Crippen molar-refractivity contribution in [2.75, 3.05) is 13.2 Å². The Morgan fingerprint density at radius 1 is 1.13 bits per heavy atom. The van der Waals surface area contributed by atoms with Crippen LogP contribution >= 0.6 is 11.6 Å². The fraction of sp³-hybridized carbons (Fsp3) is 0.278. The van der Waals surface area contributed by atoms with Crippen LogP contribution in [-0.4, -0.2) is 25.2 Å². The second kappa shape index (κ2) is 8.44. The van der Waals surface area contributed by atoms with Crippen molar-refractivity contribution in [1.82, 2.24) is 5.32 Å². The van der Waals surface area contributed by atoms with Crippen LogP contribution in [0.15, 0.2) is 48.5 Å². The first kappa shape index (κ1) is 17.2. The van der Waals surface area contributed by atoms with Gasteiger partial charge in [0.05, 0.1) is 11.1 Å². The van der Waals surface area contributed by atoms with Crippen molar-refractivity contribution in [3.63, 3.8) is 0 Å². The van der Waals surface area contributed by atoms with Crippen LogP contribution in [0.5, 0.6) is 11.5 Å². The molecule has 0 bridgehead atoms. The average Bonchev–Trinajstić information content (AvgIpc) is 2.53. The van der Waals surface area contributed by atoms with E-state index in [4.69, 9.17) is 21.1 Å². The van der Waals surface area contributed by atoms with Gasteiger partial charge in [0.25, 0.3) is 5.91 Å². The lowest BCUT2D eigenvalue weighted by Crippen LogP contribution is -2.39. The highest BCUT2D eigenvalue weighted by Gasteiger charge is 2.10. The number of carbonyl (C=O) groups is 1. The molecule has 0 unspecified atom stereocenters. The first-order valence-electron chi connectivity index (χ1n) is 7.41. The van der Waals surface area contributed by atoms with E-state index in [1.165, 1.54) is 5.56 Å². The minimum atomic E-state index is -0.218. The molecule has 23 heavy (non-hydrogen) atoms. The lowest BCUT2D eigenvalue weighted by molar-refractivity contribution is -0.123. The maximum absolute atomic E-state index is 11.9. The summed E-state index contributed by atoms with van der Waals surface area (Å²) in [6, 6.07) is 14.7. The lowest BCUT2D eigenvalue weighted by Gasteiger charge is -2.15. The number of hydrogen-bond acceptors (Lipinski definition) is 3. The monoisotopic (exact) mass is 333 g/mol. The molecule has 0 spiro atoms. The Bertz CT molecular complexity index is 643. The predicted molar refractivity (Wildman–Crippen MR) is 91.2 cm³/mol. The Labute approximate surface area is 141 Å². The predicted octanol–water partition coefficient (Wildman–Crippen LogP) is 3.61. The molecule has 1 N–H and O–H groups in total. The number of rotatable bonds is 7. The van der Waals surface area contributed by atoms with Crippen LogP contribution in [0.2, 0.25) is 5.02 Å². The zero-order valence-electron chi connectivity index (χ0n) is 13.2. The van der Waals surface area contributed by atoms with Gasteiger partial charge in [-0.15, -0.1) is 0 Å². The molecule has 0 aliphatic carbocycles. The molecule has 0 fully saturated rings. The zero-order valence-corrected chi connectivity index (χ0v) is 14.0. The van der Waals surface area contributed by atoms with E-state index in [1.54, 1.807) is 24.3 Å². The molecular formula is C18H20ClNO3. The highest BCUT2D eigenvalue weighted by Crippen LogP contribution is 2.22. The normalized spacial score (nSPS) is 11.6. The van der Waals surface area contributed by atoms with Crippen LogP contribution in [0.1, 0.15) is 12.5 Å². The molecule has 2 aromatic rings. The third kappa shape index (κ3) is 5.83. The summed E-state index contributed by atoms with van der Waals surface area (Å²) in [5.41, 5.74) is 1.18. The quantitative estimate of drug-likeness (QED) is 0.842. The number of amides is 1. The Hall–Kier alpha value is -2.20. The molecule has 0 radical (unpaired) electrons. The van der Waals surface area contributed by atoms with E-state index < -0.39 is 0 Å². The summed E-state index contributed by atoms with van der Waals surface area (Å²) in [6.45, 7) is 4.20. The third-order valence-corrected chi connectivity index (χ3v) is 3.44. The number of benzene rings is 2. The van der Waals surface area contributed by atoms with Crippen molar-refractivity contribution in [3.8, 4) is 11.5 Å². The minimum Gasteiger partial charge on any atom is -0.491 e. The molecule has 0 aliphatic heterocycles. The van der Waals surface area contributed by atoms with E-state index in [0.717, 1.165) is 5.75 Å². The van der Waals surface area contributed by atoms with Gasteiger partial charge < -0.3 is 14.8 Å². The molecule has 122 valence electrons. The summed E-state index contributed by atoms with van der Waals surface area (Å²) < 4.78 is 11.0. The smallest absolute Gasteiger partial charge is 0.258 e. The molecule has 0 aromatic heterocycles. The molecule has 5 heteroatoms. The molecule has 2 aromatic carbocycles. The van der Waals surface area contributed by atoms with Gasteiger partial charge >= 0.3 is 0 Å². The number of halogens is 1. The van der Waals surface area contributed by atoms with Crippen molar-refractivity contribution < 1.29 is 14.3 Å². The maximum Gasteiger partial charge on any atom is 0.258 e. The first-order chi connectivity index (χ1) is 11.0. The largest absolute Gasteiger partial charge is 0.491 e. The molecule has 0 saturated heterocycles. The molecule has 4 nitrogen and oxygen atoms in total. The molecule has 0 aliphatic rings. The first-order valence-corrected chi connectivity index (χ1v) is 7.78. The standard InChI is InChI=1S/C18H20ClNO3/c1-13-7-9-15(10-8-13)22-11-14(2)20-18(21)12-23-17-6-4-3-5-16(17)19/h3-10,14H,11-12H2,1-2H3,(H,20,21)/t14-/m1/s1. The van der Waals surface area contributed by atoms with Crippen molar-refractivity contribution in [3.05, 3.63) is 59.1 Å². The number of ether oxygens (including phenoxy) is 2. The number of carbonyl (C=O) groups excluding carboxylic acids is 1. The van der Waals surface area contributed by atoms with Crippen LogP contribution in [0.3, 0.4) is 0 Å². The van der Waals surface area contributed by atoms with Crippen LogP contribution in [0.25, 0.3) is 0 Å². The van der Waals surface area contributed by atoms with E-state index in [1.807, 2.05) is 38.1 Å². The third-order valence-electron chi connectivity index (χ3n) is 3.12. The Kier molecular flexibility index (Phi) is 6.29. The lowest BCUT2D eigenvalue weighted by atomic mass is 10.2. The van der Waals surface area contributed by atoms with E-state index in [-0.39, 0.29) is 18.6 Å². The van der Waals surface area contributed by atoms with Crippen LogP contribution in [-0.2, 0) is 4.79 Å². The van der Waals surface area contributed by atoms with Crippen LogP contribution < -0.4 is 14.8 Å². The summed E-state index contributed by atoms with van der Waals surface area (Å²) in [5, 5.41) is 3.30. The number of aryl methyl sites for hydroxylation is 1. The van der Waals surface area contributed by atoms with Crippen molar-refractivity contribution >= 4 is 17.5 Å². The van der Waals surface area contributed by atoms with Crippen molar-refractivity contribution in [1.29, 1.82) is 0 Å². The van der Waals surface area contributed by atoms with Gasteiger partial charge in [0.2, 0.25) is 0 Å². The van der Waals surface area contributed by atoms with Gasteiger partial charge in [-0.2, -0.15) is 0 Å². The van der Waals surface area contributed by atoms with E-state index in [0.29, 0.717) is 17.4 Å². The number of para-hydroxylation sites is 1. The fourth-order valence-corrected chi connectivity index (χ4v) is 2.11. The number of hydrogen-bond donors (Lipinski definition) is 1. The molecular weight excluding hydrogens is 314 g/mol. The van der Waals surface area contributed by atoms with Crippen molar-refractivity contribution in [2.45, 2.75) is 19.9 Å². The van der Waals surface area contributed by atoms with Crippen LogP contribution in [0, 0.1) is 6.92 Å². The summed E-state index contributed by atoms with van der Waals surface area (Å²) in [4.78, 5) is 11.9. The summed E-state index contributed by atoms with van der Waals surface area (Å²) in [6.07, 6.45) is 0. The van der Waals surface area contributed by atoms with Crippen LogP contribution in [0.4, 0.5) is 0 Å².